The number of amides is 1. The van der Waals surface area contributed by atoms with E-state index in [1.54, 1.807) is 6.08 Å². The van der Waals surface area contributed by atoms with Crippen LogP contribution in [0.25, 0.3) is 6.08 Å². The Morgan fingerprint density at radius 1 is 1.14 bits per heavy atom. The predicted molar refractivity (Wildman–Crippen MR) is 119 cm³/mol. The fourth-order valence-electron chi connectivity index (χ4n) is 2.72. The normalized spacial score (nSPS) is 11.2. The summed E-state index contributed by atoms with van der Waals surface area (Å²) >= 11 is 0. The Balaban J connectivity index is 1.97. The molecule has 0 aliphatic rings. The number of nitrogens with one attached hydrogen (secondary N) is 1. The van der Waals surface area contributed by atoms with Crippen LogP contribution in [0.3, 0.4) is 0 Å². The highest BCUT2D eigenvalue weighted by Crippen LogP contribution is 2.17. The van der Waals surface area contributed by atoms with Crippen molar-refractivity contribution in [3.05, 3.63) is 65.2 Å². The monoisotopic (exact) mass is 390 g/mol. The van der Waals surface area contributed by atoms with Crippen LogP contribution in [0, 0.1) is 17.2 Å². The SMILES string of the molecule is CCCCc1ccc(NC(=O)/C(C#N)=C\c2ccc(OCCC(C)C)cc2)cc1. The molecule has 1 amide bonds. The first kappa shape index (κ1) is 22.2. The Morgan fingerprint density at radius 3 is 2.41 bits per heavy atom. The molecular weight excluding hydrogens is 360 g/mol. The summed E-state index contributed by atoms with van der Waals surface area (Å²) in [5.74, 6) is 0.974. The quantitative estimate of drug-likeness (QED) is 0.400. The molecular formula is C25H30N2O2. The number of nitrogens with zero attached hydrogens (tertiary/aromatic N) is 1. The maximum Gasteiger partial charge on any atom is 0.266 e. The van der Waals surface area contributed by atoms with Crippen molar-refractivity contribution in [1.29, 1.82) is 5.26 Å². The van der Waals surface area contributed by atoms with Gasteiger partial charge in [0.25, 0.3) is 5.91 Å². The summed E-state index contributed by atoms with van der Waals surface area (Å²) in [6.45, 7) is 7.16. The molecule has 0 aliphatic carbocycles. The Morgan fingerprint density at radius 2 is 1.83 bits per heavy atom. The van der Waals surface area contributed by atoms with Gasteiger partial charge in [0.2, 0.25) is 0 Å². The van der Waals surface area contributed by atoms with E-state index < -0.39 is 5.91 Å². The van der Waals surface area contributed by atoms with Crippen molar-refractivity contribution < 1.29 is 9.53 Å². The Bertz CT molecular complexity index is 844. The van der Waals surface area contributed by atoms with Crippen molar-refractivity contribution >= 4 is 17.7 Å². The Hall–Kier alpha value is -3.06. The molecule has 0 heterocycles. The van der Waals surface area contributed by atoms with Gasteiger partial charge in [0.05, 0.1) is 6.61 Å². The number of rotatable bonds is 10. The first-order valence-electron chi connectivity index (χ1n) is 10.3. The molecule has 0 spiro atoms. The molecule has 0 radical (unpaired) electrons. The van der Waals surface area contributed by atoms with E-state index in [0.29, 0.717) is 18.2 Å². The molecule has 4 heteroatoms. The summed E-state index contributed by atoms with van der Waals surface area (Å²) in [6.07, 6.45) is 5.92. The first-order chi connectivity index (χ1) is 14.0. The lowest BCUT2D eigenvalue weighted by Gasteiger charge is -2.08. The summed E-state index contributed by atoms with van der Waals surface area (Å²) < 4.78 is 5.70. The van der Waals surface area contributed by atoms with E-state index in [9.17, 15) is 10.1 Å². The van der Waals surface area contributed by atoms with Gasteiger partial charge in [-0.15, -0.1) is 0 Å². The average molecular weight is 391 g/mol. The zero-order chi connectivity index (χ0) is 21.1. The van der Waals surface area contributed by atoms with Crippen LogP contribution in [-0.2, 0) is 11.2 Å². The fourth-order valence-corrected chi connectivity index (χ4v) is 2.72. The number of benzene rings is 2. The van der Waals surface area contributed by atoms with Crippen LogP contribution in [0.2, 0.25) is 0 Å². The lowest BCUT2D eigenvalue weighted by molar-refractivity contribution is -0.112. The maximum absolute atomic E-state index is 12.5. The van der Waals surface area contributed by atoms with Crippen molar-refractivity contribution in [3.8, 4) is 11.8 Å². The maximum atomic E-state index is 12.5. The van der Waals surface area contributed by atoms with Gasteiger partial charge in [-0.1, -0.05) is 51.5 Å². The van der Waals surface area contributed by atoms with Crippen LogP contribution in [0.4, 0.5) is 5.69 Å². The van der Waals surface area contributed by atoms with Crippen LogP contribution in [0.15, 0.2) is 54.1 Å². The van der Waals surface area contributed by atoms with E-state index in [2.05, 4.69) is 26.1 Å². The molecule has 0 fully saturated rings. The number of ether oxygens (including phenoxy) is 1. The highest BCUT2D eigenvalue weighted by molar-refractivity contribution is 6.09. The summed E-state index contributed by atoms with van der Waals surface area (Å²) in [7, 11) is 0. The zero-order valence-electron chi connectivity index (χ0n) is 17.6. The smallest absolute Gasteiger partial charge is 0.266 e. The number of hydrogen-bond donors (Lipinski definition) is 1. The number of nitriles is 1. The van der Waals surface area contributed by atoms with Gasteiger partial charge in [-0.2, -0.15) is 5.26 Å². The predicted octanol–water partition coefficient (Wildman–Crippen LogP) is 6.00. The van der Waals surface area contributed by atoms with Gasteiger partial charge in [-0.25, -0.2) is 0 Å². The van der Waals surface area contributed by atoms with Gasteiger partial charge in [-0.05, 0) is 66.6 Å². The number of aryl methyl sites for hydroxylation is 1. The number of hydrogen-bond acceptors (Lipinski definition) is 3. The molecule has 2 aromatic carbocycles. The fraction of sp³-hybridized carbons (Fsp3) is 0.360. The minimum atomic E-state index is -0.411. The van der Waals surface area contributed by atoms with E-state index in [1.807, 2.05) is 54.6 Å². The summed E-state index contributed by atoms with van der Waals surface area (Å²) in [5.41, 5.74) is 2.78. The van der Waals surface area contributed by atoms with Gasteiger partial charge < -0.3 is 10.1 Å². The molecule has 1 N–H and O–H groups in total. The number of carbonyl (C=O) groups excluding carboxylic acids is 1. The van der Waals surface area contributed by atoms with Crippen molar-refractivity contribution in [1.82, 2.24) is 0 Å². The van der Waals surface area contributed by atoms with Crippen molar-refractivity contribution in [2.24, 2.45) is 5.92 Å². The summed E-state index contributed by atoms with van der Waals surface area (Å²) in [5, 5.41) is 12.2. The van der Waals surface area contributed by atoms with E-state index in [0.717, 1.165) is 37.0 Å². The minimum absolute atomic E-state index is 0.0635. The van der Waals surface area contributed by atoms with Gasteiger partial charge >= 0.3 is 0 Å². The third-order valence-electron chi connectivity index (χ3n) is 4.55. The van der Waals surface area contributed by atoms with Crippen molar-refractivity contribution in [2.75, 3.05) is 11.9 Å². The van der Waals surface area contributed by atoms with E-state index in [-0.39, 0.29) is 5.57 Å². The molecule has 2 rings (SSSR count). The first-order valence-corrected chi connectivity index (χ1v) is 10.3. The highest BCUT2D eigenvalue weighted by Gasteiger charge is 2.10. The molecule has 29 heavy (non-hydrogen) atoms. The number of carbonyl (C=O) groups is 1. The average Bonchev–Trinajstić information content (AvgIpc) is 2.72. The minimum Gasteiger partial charge on any atom is -0.494 e. The van der Waals surface area contributed by atoms with E-state index >= 15 is 0 Å². The van der Waals surface area contributed by atoms with Gasteiger partial charge in [-0.3, -0.25) is 4.79 Å². The van der Waals surface area contributed by atoms with Crippen LogP contribution in [-0.4, -0.2) is 12.5 Å². The van der Waals surface area contributed by atoms with E-state index in [4.69, 9.17) is 4.74 Å². The molecule has 0 bridgehead atoms. The lowest BCUT2D eigenvalue weighted by Crippen LogP contribution is -2.13. The van der Waals surface area contributed by atoms with Crippen molar-refractivity contribution in [2.45, 2.75) is 46.5 Å². The second-order valence-electron chi connectivity index (χ2n) is 7.52. The van der Waals surface area contributed by atoms with Gasteiger partial charge in [0.15, 0.2) is 0 Å². The molecule has 0 aromatic heterocycles. The Kier molecular flexibility index (Phi) is 8.98. The van der Waals surface area contributed by atoms with Crippen LogP contribution < -0.4 is 10.1 Å². The second-order valence-corrected chi connectivity index (χ2v) is 7.52. The highest BCUT2D eigenvalue weighted by atomic mass is 16.5. The number of anilines is 1. The van der Waals surface area contributed by atoms with Gasteiger partial charge in [0, 0.05) is 5.69 Å². The molecule has 152 valence electrons. The topological polar surface area (TPSA) is 62.1 Å². The third-order valence-corrected chi connectivity index (χ3v) is 4.55. The van der Waals surface area contributed by atoms with Crippen molar-refractivity contribution in [3.63, 3.8) is 0 Å². The molecule has 2 aromatic rings. The molecule has 0 unspecified atom stereocenters. The largest absolute Gasteiger partial charge is 0.494 e. The Labute approximate surface area is 174 Å². The standard InChI is InChI=1S/C25H30N2O2/c1-4-5-6-20-7-11-23(12-8-20)27-25(28)22(18-26)17-21-9-13-24(14-10-21)29-16-15-19(2)3/h7-14,17,19H,4-6,15-16H2,1-3H3,(H,27,28)/b22-17-. The lowest BCUT2D eigenvalue weighted by atomic mass is 10.1. The summed E-state index contributed by atoms with van der Waals surface area (Å²) in [6, 6.07) is 17.2. The number of unbranched alkanes of at least 4 members (excludes halogenated alkanes) is 1. The van der Waals surface area contributed by atoms with E-state index in [1.165, 1.54) is 5.56 Å². The summed E-state index contributed by atoms with van der Waals surface area (Å²) in [4.78, 5) is 12.5. The molecule has 4 nitrogen and oxygen atoms in total. The third kappa shape index (κ3) is 7.83. The second kappa shape index (κ2) is 11.7. The zero-order valence-corrected chi connectivity index (χ0v) is 17.6. The molecule has 0 aliphatic heterocycles. The molecule has 0 saturated carbocycles. The van der Waals surface area contributed by atoms with Gasteiger partial charge in [0.1, 0.15) is 17.4 Å². The molecule has 0 atom stereocenters. The van der Waals surface area contributed by atoms with Crippen LogP contribution in [0.5, 0.6) is 5.75 Å². The van der Waals surface area contributed by atoms with Crippen LogP contribution >= 0.6 is 0 Å². The molecule has 0 saturated heterocycles. The van der Waals surface area contributed by atoms with Crippen LogP contribution in [0.1, 0.15) is 51.2 Å².